The molecule has 24 heavy (non-hydrogen) atoms. The van der Waals surface area contributed by atoms with Crippen molar-refractivity contribution in [3.8, 4) is 0 Å². The Morgan fingerprint density at radius 2 is 2.00 bits per heavy atom. The largest absolute Gasteiger partial charge is 0.354 e. The first-order valence-electron chi connectivity index (χ1n) is 8.33. The number of nitrogens with one attached hydrogen (secondary N) is 2. The third-order valence-electron chi connectivity index (χ3n) is 4.39. The first-order valence-corrected chi connectivity index (χ1v) is 10.2. The van der Waals surface area contributed by atoms with E-state index in [-0.39, 0.29) is 36.5 Å². The zero-order chi connectivity index (χ0) is 18.1. The van der Waals surface area contributed by atoms with Crippen LogP contribution in [-0.4, -0.2) is 80.6 Å². The zero-order valence-electron chi connectivity index (χ0n) is 14.8. The van der Waals surface area contributed by atoms with E-state index in [2.05, 4.69) is 28.8 Å². The summed E-state index contributed by atoms with van der Waals surface area (Å²) < 4.78 is 25.5. The van der Waals surface area contributed by atoms with Gasteiger partial charge in [-0.25, -0.2) is 13.1 Å². The maximum absolute atomic E-state index is 12.9. The quantitative estimate of drug-likeness (QED) is 0.632. The number of piperazine rings is 1. The maximum atomic E-state index is 12.9. The van der Waals surface area contributed by atoms with Crippen molar-refractivity contribution in [1.82, 2.24) is 19.8 Å². The van der Waals surface area contributed by atoms with Gasteiger partial charge in [-0.15, -0.1) is 0 Å². The van der Waals surface area contributed by atoms with Crippen LogP contribution in [0.15, 0.2) is 0 Å². The van der Waals surface area contributed by atoms with Crippen molar-refractivity contribution >= 4 is 21.8 Å². The summed E-state index contributed by atoms with van der Waals surface area (Å²) in [6.07, 6.45) is 1.76. The fraction of sp³-hybridized carbons (Fsp3) is 0.867. The second-order valence-electron chi connectivity index (χ2n) is 7.27. The van der Waals surface area contributed by atoms with Crippen LogP contribution in [0.4, 0.5) is 0 Å². The minimum absolute atomic E-state index is 0.0177. The standard InChI is InChI=1S/C15H28N4O4S/c1-10(2)7-18-9-13-5-12(17-24(4,22)23)8-19(13)15(21)14(18)6-16-11(3)20/h10,12-14,17H,5-9H2,1-4H3,(H,16,20)/t12-,13-,14-/m0/s1. The van der Waals surface area contributed by atoms with Gasteiger partial charge in [0.05, 0.1) is 6.26 Å². The number of carbonyl (C=O) groups excluding carboxylic acids is 2. The van der Waals surface area contributed by atoms with Gasteiger partial charge in [-0.05, 0) is 12.3 Å². The lowest BCUT2D eigenvalue weighted by Gasteiger charge is -2.43. The van der Waals surface area contributed by atoms with E-state index in [0.29, 0.717) is 25.4 Å². The molecule has 0 saturated carbocycles. The van der Waals surface area contributed by atoms with Crippen molar-refractivity contribution in [2.75, 3.05) is 32.4 Å². The van der Waals surface area contributed by atoms with E-state index in [0.717, 1.165) is 12.8 Å². The topological polar surface area (TPSA) is 98.8 Å². The molecule has 0 spiro atoms. The fourth-order valence-corrected chi connectivity index (χ4v) is 4.40. The third kappa shape index (κ3) is 4.90. The molecule has 2 aliphatic heterocycles. The third-order valence-corrected chi connectivity index (χ3v) is 5.15. The molecule has 2 fully saturated rings. The highest BCUT2D eigenvalue weighted by Crippen LogP contribution is 2.27. The number of fused-ring (bicyclic) bond motifs is 1. The summed E-state index contributed by atoms with van der Waals surface area (Å²) in [6, 6.07) is -0.608. The van der Waals surface area contributed by atoms with Gasteiger partial charge < -0.3 is 10.2 Å². The number of hydrogen-bond acceptors (Lipinski definition) is 5. The van der Waals surface area contributed by atoms with Gasteiger partial charge in [-0.2, -0.15) is 0 Å². The fourth-order valence-electron chi connectivity index (χ4n) is 3.62. The lowest BCUT2D eigenvalue weighted by molar-refractivity contribution is -0.144. The summed E-state index contributed by atoms with van der Waals surface area (Å²) in [5.74, 6) is 0.210. The van der Waals surface area contributed by atoms with Gasteiger partial charge in [-0.3, -0.25) is 14.5 Å². The molecule has 3 atom stereocenters. The van der Waals surface area contributed by atoms with Gasteiger partial charge in [0.1, 0.15) is 6.04 Å². The smallest absolute Gasteiger partial charge is 0.242 e. The van der Waals surface area contributed by atoms with Crippen LogP contribution in [-0.2, 0) is 19.6 Å². The monoisotopic (exact) mass is 360 g/mol. The Balaban J connectivity index is 2.12. The Morgan fingerprint density at radius 1 is 1.33 bits per heavy atom. The van der Waals surface area contributed by atoms with Crippen molar-refractivity contribution in [3.63, 3.8) is 0 Å². The summed E-state index contributed by atoms with van der Waals surface area (Å²) in [4.78, 5) is 28.0. The summed E-state index contributed by atoms with van der Waals surface area (Å²) in [6.45, 7) is 7.77. The van der Waals surface area contributed by atoms with E-state index < -0.39 is 10.0 Å². The van der Waals surface area contributed by atoms with Crippen LogP contribution < -0.4 is 10.0 Å². The summed E-state index contributed by atoms with van der Waals surface area (Å²) >= 11 is 0. The number of sulfonamides is 1. The molecule has 0 bridgehead atoms. The molecule has 2 N–H and O–H groups in total. The van der Waals surface area contributed by atoms with Gasteiger partial charge in [0.15, 0.2) is 0 Å². The molecule has 0 radical (unpaired) electrons. The average Bonchev–Trinajstić information content (AvgIpc) is 2.77. The first kappa shape index (κ1) is 19.1. The molecule has 0 aromatic carbocycles. The summed E-state index contributed by atoms with van der Waals surface area (Å²) in [5, 5.41) is 2.74. The summed E-state index contributed by atoms with van der Waals surface area (Å²) in [7, 11) is -3.29. The minimum Gasteiger partial charge on any atom is -0.354 e. The Kier molecular flexibility index (Phi) is 5.87. The lowest BCUT2D eigenvalue weighted by atomic mass is 10.0. The molecule has 2 saturated heterocycles. The second-order valence-corrected chi connectivity index (χ2v) is 9.05. The maximum Gasteiger partial charge on any atom is 0.242 e. The van der Waals surface area contributed by atoms with Crippen LogP contribution in [0.2, 0.25) is 0 Å². The minimum atomic E-state index is -3.29. The highest BCUT2D eigenvalue weighted by molar-refractivity contribution is 7.88. The number of hydrogen-bond donors (Lipinski definition) is 2. The van der Waals surface area contributed by atoms with E-state index in [9.17, 15) is 18.0 Å². The number of rotatable bonds is 6. The highest BCUT2D eigenvalue weighted by atomic mass is 32.2. The van der Waals surface area contributed by atoms with Gasteiger partial charge in [0, 0.05) is 45.2 Å². The van der Waals surface area contributed by atoms with E-state index in [1.54, 1.807) is 4.90 Å². The van der Waals surface area contributed by atoms with Gasteiger partial charge in [0.25, 0.3) is 0 Å². The Morgan fingerprint density at radius 3 is 2.54 bits per heavy atom. The number of nitrogens with zero attached hydrogens (tertiary/aromatic N) is 2. The molecule has 0 aromatic rings. The van der Waals surface area contributed by atoms with Crippen LogP contribution in [0.25, 0.3) is 0 Å². The Bertz CT molecular complexity index is 592. The molecular formula is C15H28N4O4S. The van der Waals surface area contributed by atoms with Crippen molar-refractivity contribution in [2.24, 2.45) is 5.92 Å². The second kappa shape index (κ2) is 7.37. The normalized spacial score (nSPS) is 28.3. The van der Waals surface area contributed by atoms with Crippen LogP contribution in [0.3, 0.4) is 0 Å². The molecular weight excluding hydrogens is 332 g/mol. The van der Waals surface area contributed by atoms with Gasteiger partial charge in [-0.1, -0.05) is 13.8 Å². The first-order chi connectivity index (χ1) is 11.1. The Hall–Kier alpha value is -1.19. The number of carbonyl (C=O) groups is 2. The summed E-state index contributed by atoms with van der Waals surface area (Å²) in [5.41, 5.74) is 0. The lowest BCUT2D eigenvalue weighted by Crippen LogP contribution is -2.63. The van der Waals surface area contributed by atoms with E-state index in [4.69, 9.17) is 0 Å². The van der Waals surface area contributed by atoms with Gasteiger partial charge >= 0.3 is 0 Å². The molecule has 2 rings (SSSR count). The van der Waals surface area contributed by atoms with Gasteiger partial charge in [0.2, 0.25) is 21.8 Å². The Labute approximate surface area is 144 Å². The molecule has 9 heteroatoms. The van der Waals surface area contributed by atoms with Crippen molar-refractivity contribution in [3.05, 3.63) is 0 Å². The van der Waals surface area contributed by atoms with Crippen LogP contribution in [0.1, 0.15) is 27.2 Å². The zero-order valence-corrected chi connectivity index (χ0v) is 15.6. The van der Waals surface area contributed by atoms with Crippen molar-refractivity contribution < 1.29 is 18.0 Å². The molecule has 0 aliphatic carbocycles. The predicted molar refractivity (Wildman–Crippen MR) is 90.8 cm³/mol. The van der Waals surface area contributed by atoms with Crippen molar-refractivity contribution in [2.45, 2.75) is 45.3 Å². The van der Waals surface area contributed by atoms with Crippen LogP contribution in [0.5, 0.6) is 0 Å². The molecule has 8 nitrogen and oxygen atoms in total. The molecule has 2 amide bonds. The average molecular weight is 360 g/mol. The van der Waals surface area contributed by atoms with E-state index >= 15 is 0 Å². The van der Waals surface area contributed by atoms with Crippen LogP contribution >= 0.6 is 0 Å². The number of amides is 2. The van der Waals surface area contributed by atoms with E-state index in [1.165, 1.54) is 6.92 Å². The molecule has 138 valence electrons. The highest BCUT2D eigenvalue weighted by Gasteiger charge is 2.45. The molecule has 2 aliphatic rings. The van der Waals surface area contributed by atoms with E-state index in [1.807, 2.05) is 0 Å². The van der Waals surface area contributed by atoms with Crippen LogP contribution in [0, 0.1) is 5.92 Å². The molecule has 0 unspecified atom stereocenters. The molecule has 2 heterocycles. The van der Waals surface area contributed by atoms with Crippen molar-refractivity contribution in [1.29, 1.82) is 0 Å². The SMILES string of the molecule is CC(=O)NC[C@H]1C(=O)N2C[C@@H](NS(C)(=O)=O)C[C@H]2CN1CC(C)C. The molecule has 0 aromatic heterocycles. The predicted octanol–water partition coefficient (Wildman–Crippen LogP) is -1.02.